The van der Waals surface area contributed by atoms with Crippen molar-refractivity contribution < 1.29 is 9.53 Å². The Balaban J connectivity index is 1.62. The second kappa shape index (κ2) is 7.30. The molecule has 0 bridgehead atoms. The number of rotatable bonds is 4. The van der Waals surface area contributed by atoms with Crippen molar-refractivity contribution in [2.24, 2.45) is 12.8 Å². The van der Waals surface area contributed by atoms with Gasteiger partial charge in [-0.3, -0.25) is 9.78 Å². The second-order valence-corrected chi connectivity index (χ2v) is 8.17. The Morgan fingerprint density at radius 2 is 1.84 bits per heavy atom. The maximum Gasteiger partial charge on any atom is 0.266 e. The van der Waals surface area contributed by atoms with E-state index in [4.69, 9.17) is 10.5 Å². The monoisotopic (exact) mass is 427 g/mol. The highest BCUT2D eigenvalue weighted by atomic mass is 16.5. The first-order valence-corrected chi connectivity index (χ1v) is 10.4. The molecule has 0 saturated heterocycles. The first kappa shape index (κ1) is 19.9. The zero-order valence-corrected chi connectivity index (χ0v) is 18.6. The molecule has 7 heteroatoms. The van der Waals surface area contributed by atoms with E-state index in [2.05, 4.69) is 34.8 Å². The highest BCUT2D eigenvalue weighted by Gasteiger charge is 2.24. The Labute approximate surface area is 186 Å². The van der Waals surface area contributed by atoms with E-state index < -0.39 is 5.91 Å². The number of pyridine rings is 1. The highest BCUT2D eigenvalue weighted by Crippen LogP contribution is 2.39. The molecular formula is C25H25N5O2. The van der Waals surface area contributed by atoms with Crippen molar-refractivity contribution in [3.8, 4) is 16.9 Å². The molecule has 3 heterocycles. The summed E-state index contributed by atoms with van der Waals surface area (Å²) in [5.74, 6) is 0.367. The third-order valence-electron chi connectivity index (χ3n) is 6.15. The molecule has 1 aliphatic rings. The van der Waals surface area contributed by atoms with Gasteiger partial charge in [0.2, 0.25) is 0 Å². The van der Waals surface area contributed by atoms with Crippen molar-refractivity contribution >= 4 is 33.4 Å². The third-order valence-corrected chi connectivity index (χ3v) is 6.15. The minimum atomic E-state index is -0.439. The molecule has 1 amide bonds. The van der Waals surface area contributed by atoms with Gasteiger partial charge in [-0.05, 0) is 36.8 Å². The predicted molar refractivity (Wildman–Crippen MR) is 127 cm³/mol. The molecule has 7 nitrogen and oxygen atoms in total. The molecule has 0 spiro atoms. The van der Waals surface area contributed by atoms with E-state index in [1.54, 1.807) is 13.3 Å². The lowest BCUT2D eigenvalue weighted by Gasteiger charge is -2.21. The van der Waals surface area contributed by atoms with Gasteiger partial charge in [-0.15, -0.1) is 0 Å². The number of aromatic nitrogens is 2. The number of nitrogens with zero attached hydrogens (tertiary/aromatic N) is 4. The van der Waals surface area contributed by atoms with Crippen LogP contribution in [0.25, 0.3) is 32.9 Å². The normalized spacial score (nSPS) is 13.8. The van der Waals surface area contributed by atoms with Crippen LogP contribution in [-0.2, 0) is 11.8 Å². The molecule has 2 N–H and O–H groups in total. The van der Waals surface area contributed by atoms with Gasteiger partial charge in [0.25, 0.3) is 5.91 Å². The number of anilines is 1. The van der Waals surface area contributed by atoms with Gasteiger partial charge < -0.3 is 24.8 Å². The van der Waals surface area contributed by atoms with Crippen LogP contribution in [0.4, 0.5) is 5.69 Å². The zero-order chi connectivity index (χ0) is 22.6. The van der Waals surface area contributed by atoms with Gasteiger partial charge in [0.05, 0.1) is 30.5 Å². The summed E-state index contributed by atoms with van der Waals surface area (Å²) in [5, 5.41) is 2.33. The van der Waals surface area contributed by atoms with Gasteiger partial charge in [0.1, 0.15) is 11.4 Å². The Morgan fingerprint density at radius 3 is 2.53 bits per heavy atom. The summed E-state index contributed by atoms with van der Waals surface area (Å²) in [7, 11) is 5.67. The van der Waals surface area contributed by atoms with Crippen LogP contribution in [0.5, 0.6) is 5.75 Å². The molecule has 1 aliphatic heterocycles. The molecule has 0 saturated carbocycles. The maximum atomic E-state index is 11.8. The fourth-order valence-corrected chi connectivity index (χ4v) is 4.63. The summed E-state index contributed by atoms with van der Waals surface area (Å²) in [6.45, 7) is 2.61. The number of amides is 1. The SMILES string of the molecule is COc1cc2c(cc1-c1ccc(N3CN(C)C=C3C(N)=O)cc1)c1ccnc(C)c1n2C. The van der Waals surface area contributed by atoms with E-state index >= 15 is 0 Å². The zero-order valence-electron chi connectivity index (χ0n) is 18.6. The van der Waals surface area contributed by atoms with Crippen LogP contribution >= 0.6 is 0 Å². The summed E-state index contributed by atoms with van der Waals surface area (Å²) in [6, 6.07) is 14.4. The number of hydrogen-bond acceptors (Lipinski definition) is 5. The molecule has 0 radical (unpaired) electrons. The third kappa shape index (κ3) is 2.97. The number of carbonyl (C=O) groups is 1. The number of ether oxygens (including phenoxy) is 1. The largest absolute Gasteiger partial charge is 0.496 e. The Kier molecular flexibility index (Phi) is 4.55. The average molecular weight is 428 g/mol. The van der Waals surface area contributed by atoms with Gasteiger partial charge in [0, 0.05) is 54.6 Å². The van der Waals surface area contributed by atoms with Crippen LogP contribution in [0.15, 0.2) is 60.6 Å². The van der Waals surface area contributed by atoms with E-state index in [1.165, 1.54) is 5.39 Å². The van der Waals surface area contributed by atoms with Gasteiger partial charge in [-0.1, -0.05) is 12.1 Å². The lowest BCUT2D eigenvalue weighted by atomic mass is 10.0. The Hall–Kier alpha value is -4.00. The van der Waals surface area contributed by atoms with E-state index in [1.807, 2.05) is 54.2 Å². The van der Waals surface area contributed by atoms with Crippen LogP contribution in [0.1, 0.15) is 5.69 Å². The van der Waals surface area contributed by atoms with Gasteiger partial charge in [0.15, 0.2) is 0 Å². The van der Waals surface area contributed by atoms with Gasteiger partial charge >= 0.3 is 0 Å². The van der Waals surface area contributed by atoms with Gasteiger partial charge in [-0.2, -0.15) is 0 Å². The van der Waals surface area contributed by atoms with Crippen molar-refractivity contribution in [3.05, 3.63) is 66.3 Å². The topological polar surface area (TPSA) is 76.6 Å². The number of nitrogens with two attached hydrogens (primary N) is 1. The van der Waals surface area contributed by atoms with Crippen molar-refractivity contribution in [2.75, 3.05) is 25.7 Å². The molecule has 5 rings (SSSR count). The maximum absolute atomic E-state index is 11.8. The van der Waals surface area contributed by atoms with Crippen LogP contribution in [-0.4, -0.2) is 41.2 Å². The quantitative estimate of drug-likeness (QED) is 0.537. The molecule has 0 unspecified atom stereocenters. The molecule has 0 atom stereocenters. The van der Waals surface area contributed by atoms with Crippen LogP contribution in [0.3, 0.4) is 0 Å². The first-order valence-electron chi connectivity index (χ1n) is 10.4. The summed E-state index contributed by atoms with van der Waals surface area (Å²) >= 11 is 0. The number of carbonyl (C=O) groups excluding carboxylic acids is 1. The molecule has 162 valence electrons. The van der Waals surface area contributed by atoms with Crippen LogP contribution in [0, 0.1) is 6.92 Å². The van der Waals surface area contributed by atoms with Crippen molar-refractivity contribution in [1.82, 2.24) is 14.5 Å². The second-order valence-electron chi connectivity index (χ2n) is 8.17. The van der Waals surface area contributed by atoms with E-state index in [0.717, 1.165) is 44.7 Å². The molecule has 0 aliphatic carbocycles. The molecule has 2 aromatic heterocycles. The lowest BCUT2D eigenvalue weighted by Crippen LogP contribution is -2.30. The number of hydrogen-bond donors (Lipinski definition) is 1. The number of methoxy groups -OCH3 is 1. The van der Waals surface area contributed by atoms with Crippen molar-refractivity contribution in [2.45, 2.75) is 6.92 Å². The number of fused-ring (bicyclic) bond motifs is 3. The van der Waals surface area contributed by atoms with E-state index in [9.17, 15) is 4.79 Å². The lowest BCUT2D eigenvalue weighted by molar-refractivity contribution is -0.114. The predicted octanol–water partition coefficient (Wildman–Crippen LogP) is 3.75. The average Bonchev–Trinajstić information content (AvgIpc) is 3.32. The summed E-state index contributed by atoms with van der Waals surface area (Å²) < 4.78 is 7.94. The minimum Gasteiger partial charge on any atom is -0.496 e. The molecule has 4 aromatic rings. The Bertz CT molecular complexity index is 1400. The molecule has 32 heavy (non-hydrogen) atoms. The van der Waals surface area contributed by atoms with Crippen molar-refractivity contribution in [1.29, 1.82) is 0 Å². The van der Waals surface area contributed by atoms with Gasteiger partial charge in [-0.25, -0.2) is 0 Å². The highest BCUT2D eigenvalue weighted by molar-refractivity contribution is 6.10. The first-order chi connectivity index (χ1) is 15.4. The smallest absolute Gasteiger partial charge is 0.266 e. The molecule has 0 fully saturated rings. The minimum absolute atomic E-state index is 0.439. The Morgan fingerprint density at radius 1 is 1.09 bits per heavy atom. The van der Waals surface area contributed by atoms with Crippen LogP contribution < -0.4 is 15.4 Å². The summed E-state index contributed by atoms with van der Waals surface area (Å²) in [6.07, 6.45) is 3.62. The molecular weight excluding hydrogens is 402 g/mol. The summed E-state index contributed by atoms with van der Waals surface area (Å²) in [4.78, 5) is 20.1. The fourth-order valence-electron chi connectivity index (χ4n) is 4.63. The number of primary amides is 1. The van der Waals surface area contributed by atoms with Crippen LogP contribution in [0.2, 0.25) is 0 Å². The number of benzene rings is 2. The number of aryl methyl sites for hydroxylation is 2. The van der Waals surface area contributed by atoms with E-state index in [-0.39, 0.29) is 0 Å². The fraction of sp³-hybridized carbons (Fsp3) is 0.200. The molecule has 2 aromatic carbocycles. The van der Waals surface area contributed by atoms with Crippen molar-refractivity contribution in [3.63, 3.8) is 0 Å². The summed E-state index contributed by atoms with van der Waals surface area (Å²) in [5.41, 5.74) is 12.2. The van der Waals surface area contributed by atoms with E-state index in [0.29, 0.717) is 12.4 Å². The standard InChI is InChI=1S/C25H25N5O2/c1-15-24-18(9-10-27-15)20-11-19(23(32-4)12-21(20)29(24)3)16-5-7-17(8-6-16)30-14-28(2)13-22(30)25(26)31/h5-13H,14H2,1-4H3,(H2,26,31).